The molecular formula is C20H37N5O4. The Bertz CT molecular complexity index is 537. The summed E-state index contributed by atoms with van der Waals surface area (Å²) >= 11 is 0. The lowest BCUT2D eigenvalue weighted by molar-refractivity contribution is -0.137. The molecule has 0 aliphatic carbocycles. The van der Waals surface area contributed by atoms with Crippen LogP contribution in [0, 0.1) is 0 Å². The van der Waals surface area contributed by atoms with E-state index in [9.17, 15) is 14.4 Å². The molecule has 1 atom stereocenters. The van der Waals surface area contributed by atoms with Crippen LogP contribution in [0.15, 0.2) is 0 Å². The molecule has 0 radical (unpaired) electrons. The summed E-state index contributed by atoms with van der Waals surface area (Å²) in [6.07, 6.45) is 3.71. The summed E-state index contributed by atoms with van der Waals surface area (Å²) in [7, 11) is 2.16. The quantitative estimate of drug-likeness (QED) is 0.290. The molecule has 0 aromatic rings. The average Bonchev–Trinajstić information content (AvgIpc) is 3.10. The Balaban J connectivity index is 1.55. The highest BCUT2D eigenvalue weighted by atomic mass is 16.4. The molecule has 0 aromatic heterocycles. The highest BCUT2D eigenvalue weighted by molar-refractivity contribution is 5.78. The molecule has 9 nitrogen and oxygen atoms in total. The molecule has 0 spiro atoms. The van der Waals surface area contributed by atoms with Crippen LogP contribution >= 0.6 is 0 Å². The number of nitrogens with zero attached hydrogens (tertiary/aromatic N) is 3. The zero-order valence-electron chi connectivity index (χ0n) is 17.7. The van der Waals surface area contributed by atoms with Gasteiger partial charge < -0.3 is 20.6 Å². The Morgan fingerprint density at radius 3 is 2.28 bits per heavy atom. The van der Waals surface area contributed by atoms with Crippen molar-refractivity contribution in [1.82, 2.24) is 25.3 Å². The van der Waals surface area contributed by atoms with Gasteiger partial charge in [-0.1, -0.05) is 0 Å². The maximum atomic E-state index is 12.3. The first-order chi connectivity index (χ1) is 13.9. The fourth-order valence-corrected chi connectivity index (χ4v) is 3.91. The minimum absolute atomic E-state index is 0.0251. The minimum Gasteiger partial charge on any atom is -0.481 e. The normalized spacial score (nSPS) is 21.2. The molecule has 0 bridgehead atoms. The molecule has 2 heterocycles. The number of likely N-dealkylation sites (tertiary alicyclic amines) is 1. The lowest BCUT2D eigenvalue weighted by atomic mass is 10.2. The minimum atomic E-state index is -0.856. The smallest absolute Gasteiger partial charge is 0.303 e. The van der Waals surface area contributed by atoms with Crippen molar-refractivity contribution < 1.29 is 19.5 Å². The van der Waals surface area contributed by atoms with E-state index < -0.39 is 5.97 Å². The molecule has 9 heteroatoms. The molecular weight excluding hydrogens is 384 g/mol. The van der Waals surface area contributed by atoms with E-state index in [0.717, 1.165) is 52.1 Å². The summed E-state index contributed by atoms with van der Waals surface area (Å²) in [6.45, 7) is 7.74. The maximum absolute atomic E-state index is 12.3. The Morgan fingerprint density at radius 2 is 1.59 bits per heavy atom. The Hall–Kier alpha value is -1.71. The molecule has 2 rings (SSSR count). The molecule has 2 aliphatic heterocycles. The van der Waals surface area contributed by atoms with Gasteiger partial charge in [0.05, 0.1) is 6.54 Å². The number of piperazine rings is 1. The van der Waals surface area contributed by atoms with Crippen LogP contribution in [0.3, 0.4) is 0 Å². The van der Waals surface area contributed by atoms with Gasteiger partial charge in [0.1, 0.15) is 0 Å². The Kier molecular flexibility index (Phi) is 10.4. The van der Waals surface area contributed by atoms with E-state index in [1.54, 1.807) is 0 Å². The average molecular weight is 421 g/mol. The van der Waals surface area contributed by atoms with Crippen molar-refractivity contribution in [2.24, 2.45) is 0 Å². The fraction of sp³-hybridized carbons (Fsp3) is 0.850. The van der Waals surface area contributed by atoms with Crippen molar-refractivity contribution in [2.75, 3.05) is 66.0 Å². The molecule has 0 aromatic carbocycles. The van der Waals surface area contributed by atoms with E-state index in [-0.39, 0.29) is 18.2 Å². The first kappa shape index (κ1) is 23.6. The van der Waals surface area contributed by atoms with E-state index >= 15 is 0 Å². The number of amides is 2. The summed E-state index contributed by atoms with van der Waals surface area (Å²) in [5.74, 6) is -0.931. The van der Waals surface area contributed by atoms with Gasteiger partial charge in [0, 0.05) is 64.7 Å². The number of rotatable bonds is 12. The van der Waals surface area contributed by atoms with Crippen molar-refractivity contribution in [1.29, 1.82) is 0 Å². The number of carboxylic acid groups (broad SMARTS) is 1. The van der Waals surface area contributed by atoms with Crippen molar-refractivity contribution in [3.63, 3.8) is 0 Å². The SMILES string of the molecule is CN1[13CH2][13CH2]N([13CH2][13CH]2[13CH2][13CH2][13CH2]N2[13CH2]C(=O)NCCCC(=O)NCCCC(=O)O)[13CH2][13CH2]1. The standard InChI is InChI=1S/C20H37N5O4/c1-23-11-13-24(14-12-23)15-17-5-4-10-25(17)16-19(27)22-8-2-6-18(26)21-9-3-7-20(28)29/h17H,2-16H2,1H3,(H,21,26)(H,22,27)(H,28,29)/i4+1,5+1,10+1,11+1,12+1,13+1,14+1,15+1,16+1,17+1. The fourth-order valence-electron chi connectivity index (χ4n) is 3.91. The largest absolute Gasteiger partial charge is 0.481 e. The van der Waals surface area contributed by atoms with Crippen LogP contribution in [0.5, 0.6) is 0 Å². The lowest BCUT2D eigenvalue weighted by Gasteiger charge is -2.36. The molecule has 166 valence electrons. The monoisotopic (exact) mass is 421 g/mol. The van der Waals surface area contributed by atoms with Crippen LogP contribution in [-0.4, -0.2) is 110 Å². The zero-order valence-corrected chi connectivity index (χ0v) is 17.7. The van der Waals surface area contributed by atoms with Crippen LogP contribution in [-0.2, 0) is 14.4 Å². The van der Waals surface area contributed by atoms with E-state index in [1.165, 1.54) is 0 Å². The van der Waals surface area contributed by atoms with Gasteiger partial charge >= 0.3 is 5.97 Å². The first-order valence-electron chi connectivity index (χ1n) is 10.8. The van der Waals surface area contributed by atoms with Crippen LogP contribution in [0.1, 0.15) is 38.5 Å². The number of likely N-dealkylation sites (N-methyl/N-ethyl adjacent to an activating group) is 1. The van der Waals surface area contributed by atoms with Gasteiger partial charge in [0.2, 0.25) is 11.8 Å². The predicted octanol–water partition coefficient (Wildman–Crippen LogP) is -0.424. The van der Waals surface area contributed by atoms with Gasteiger partial charge in [-0.2, -0.15) is 0 Å². The Morgan fingerprint density at radius 1 is 0.931 bits per heavy atom. The topological polar surface area (TPSA) is 105 Å². The molecule has 2 amide bonds. The third-order valence-electron chi connectivity index (χ3n) is 5.70. The van der Waals surface area contributed by atoms with E-state index in [0.29, 0.717) is 44.9 Å². The second-order valence-corrected chi connectivity index (χ2v) is 8.17. The van der Waals surface area contributed by atoms with Crippen molar-refractivity contribution in [3.05, 3.63) is 0 Å². The van der Waals surface area contributed by atoms with Crippen LogP contribution < -0.4 is 10.6 Å². The van der Waals surface area contributed by atoms with E-state index in [2.05, 4.69) is 32.4 Å². The maximum Gasteiger partial charge on any atom is 0.303 e. The van der Waals surface area contributed by atoms with Crippen LogP contribution in [0.4, 0.5) is 0 Å². The van der Waals surface area contributed by atoms with Crippen molar-refractivity contribution in [3.8, 4) is 0 Å². The third-order valence-corrected chi connectivity index (χ3v) is 5.70. The first-order valence-corrected chi connectivity index (χ1v) is 10.8. The number of carbonyl (C=O) groups excluding carboxylic acids is 2. The molecule has 2 fully saturated rings. The number of hydrogen-bond acceptors (Lipinski definition) is 6. The van der Waals surface area contributed by atoms with Gasteiger partial charge in [-0.25, -0.2) is 0 Å². The molecule has 2 aliphatic rings. The van der Waals surface area contributed by atoms with Crippen LogP contribution in [0.25, 0.3) is 0 Å². The number of carboxylic acids is 1. The van der Waals surface area contributed by atoms with Gasteiger partial charge in [-0.05, 0) is 39.3 Å². The number of aliphatic carboxylic acids is 1. The lowest BCUT2D eigenvalue weighted by Crippen LogP contribution is -2.50. The summed E-state index contributed by atoms with van der Waals surface area (Å²) in [4.78, 5) is 41.5. The summed E-state index contributed by atoms with van der Waals surface area (Å²) in [5, 5.41) is 14.2. The highest BCUT2D eigenvalue weighted by Crippen LogP contribution is 2.18. The van der Waals surface area contributed by atoms with Crippen molar-refractivity contribution in [2.45, 2.75) is 44.6 Å². The highest BCUT2D eigenvalue weighted by Gasteiger charge is 2.28. The van der Waals surface area contributed by atoms with Gasteiger partial charge in [0.25, 0.3) is 0 Å². The molecule has 29 heavy (non-hydrogen) atoms. The second kappa shape index (κ2) is 12.8. The van der Waals surface area contributed by atoms with Gasteiger partial charge in [0.15, 0.2) is 0 Å². The van der Waals surface area contributed by atoms with Gasteiger partial charge in [-0.15, -0.1) is 0 Å². The number of hydrogen-bond donors (Lipinski definition) is 3. The molecule has 0 saturated carbocycles. The van der Waals surface area contributed by atoms with E-state index in [4.69, 9.17) is 5.11 Å². The second-order valence-electron chi connectivity index (χ2n) is 8.17. The summed E-state index contributed by atoms with van der Waals surface area (Å²) < 4.78 is 0. The Labute approximate surface area is 173 Å². The molecule has 2 saturated heterocycles. The van der Waals surface area contributed by atoms with Gasteiger partial charge in [-0.3, -0.25) is 24.2 Å². The molecule has 3 N–H and O–H groups in total. The summed E-state index contributed by atoms with van der Waals surface area (Å²) in [5.41, 5.74) is 0. The zero-order chi connectivity index (χ0) is 21.1. The third kappa shape index (κ3) is 9.56. The number of nitrogens with one attached hydrogen (secondary N) is 2. The van der Waals surface area contributed by atoms with E-state index in [1.807, 2.05) is 0 Å². The number of carbonyl (C=O) groups is 3. The predicted molar refractivity (Wildman–Crippen MR) is 111 cm³/mol. The van der Waals surface area contributed by atoms with Crippen LogP contribution in [0.2, 0.25) is 0 Å². The molecule has 1 unspecified atom stereocenters. The van der Waals surface area contributed by atoms with Crippen molar-refractivity contribution >= 4 is 17.8 Å². The summed E-state index contributed by atoms with van der Waals surface area (Å²) in [6, 6.07) is 0.459.